The van der Waals surface area contributed by atoms with Crippen LogP contribution >= 0.6 is 0 Å². The summed E-state index contributed by atoms with van der Waals surface area (Å²) in [4.78, 5) is 12.3. The van der Waals surface area contributed by atoms with Crippen LogP contribution in [0.15, 0.2) is 61.2 Å². The number of amides is 1. The molecule has 0 unspecified atom stereocenters. The Morgan fingerprint density at radius 3 is 2.54 bits per heavy atom. The van der Waals surface area contributed by atoms with Gasteiger partial charge in [-0.15, -0.1) is 0 Å². The Labute approximate surface area is 143 Å². The third kappa shape index (κ3) is 5.47. The lowest BCUT2D eigenvalue weighted by Gasteiger charge is -2.11. The zero-order valence-electron chi connectivity index (χ0n) is 14.1. The fourth-order valence-electron chi connectivity index (χ4n) is 1.99. The van der Waals surface area contributed by atoms with Crippen molar-refractivity contribution in [2.24, 2.45) is 5.92 Å². The standard InChI is InChI=1S/C20H23NO3/c1-4-12-23-18-10-8-16(9-11-18)20(22)21-17-6-5-7-19(13-17)24-14-15(2)3/h4-11,13,15H,1,12,14H2,2-3H3,(H,21,22). The molecule has 2 rings (SSSR count). The molecule has 1 amide bonds. The first-order chi connectivity index (χ1) is 11.6. The van der Waals surface area contributed by atoms with Crippen molar-refractivity contribution in [2.75, 3.05) is 18.5 Å². The molecule has 0 spiro atoms. The monoisotopic (exact) mass is 325 g/mol. The first-order valence-corrected chi connectivity index (χ1v) is 7.96. The van der Waals surface area contributed by atoms with Crippen molar-refractivity contribution in [3.05, 3.63) is 66.7 Å². The van der Waals surface area contributed by atoms with E-state index >= 15 is 0 Å². The van der Waals surface area contributed by atoms with Gasteiger partial charge < -0.3 is 14.8 Å². The molecule has 4 heteroatoms. The molecule has 0 atom stereocenters. The number of rotatable bonds is 8. The number of benzene rings is 2. The summed E-state index contributed by atoms with van der Waals surface area (Å²) in [5, 5.41) is 2.87. The van der Waals surface area contributed by atoms with Crippen LogP contribution in [0, 0.1) is 5.92 Å². The fraction of sp³-hybridized carbons (Fsp3) is 0.250. The van der Waals surface area contributed by atoms with Crippen LogP contribution in [0.4, 0.5) is 5.69 Å². The summed E-state index contributed by atoms with van der Waals surface area (Å²) in [6.45, 7) is 8.86. The van der Waals surface area contributed by atoms with E-state index in [4.69, 9.17) is 9.47 Å². The Kier molecular flexibility index (Phi) is 6.43. The van der Waals surface area contributed by atoms with Gasteiger partial charge in [0.15, 0.2) is 0 Å². The second-order valence-corrected chi connectivity index (χ2v) is 5.81. The minimum Gasteiger partial charge on any atom is -0.493 e. The Balaban J connectivity index is 1.98. The number of carbonyl (C=O) groups excluding carboxylic acids is 1. The highest BCUT2D eigenvalue weighted by Gasteiger charge is 2.07. The van der Waals surface area contributed by atoms with E-state index in [0.29, 0.717) is 36.1 Å². The van der Waals surface area contributed by atoms with Crippen LogP contribution in [0.2, 0.25) is 0 Å². The van der Waals surface area contributed by atoms with Gasteiger partial charge in [-0.2, -0.15) is 0 Å². The molecule has 0 aliphatic heterocycles. The zero-order chi connectivity index (χ0) is 17.4. The van der Waals surface area contributed by atoms with E-state index in [9.17, 15) is 4.79 Å². The molecule has 0 saturated carbocycles. The van der Waals surface area contributed by atoms with Gasteiger partial charge in [-0.05, 0) is 42.3 Å². The molecule has 0 radical (unpaired) electrons. The molecule has 0 aliphatic carbocycles. The summed E-state index contributed by atoms with van der Waals surface area (Å²) in [7, 11) is 0. The lowest BCUT2D eigenvalue weighted by Crippen LogP contribution is -2.12. The summed E-state index contributed by atoms with van der Waals surface area (Å²) in [5.74, 6) is 1.72. The third-order valence-electron chi connectivity index (χ3n) is 3.16. The molecule has 24 heavy (non-hydrogen) atoms. The number of anilines is 1. The topological polar surface area (TPSA) is 47.6 Å². The zero-order valence-corrected chi connectivity index (χ0v) is 14.1. The maximum Gasteiger partial charge on any atom is 0.255 e. The van der Waals surface area contributed by atoms with Gasteiger partial charge in [0.05, 0.1) is 6.61 Å². The normalized spacial score (nSPS) is 10.3. The first kappa shape index (κ1) is 17.6. The van der Waals surface area contributed by atoms with E-state index in [0.717, 1.165) is 5.75 Å². The predicted molar refractivity (Wildman–Crippen MR) is 96.9 cm³/mol. The summed E-state index contributed by atoms with van der Waals surface area (Å²) < 4.78 is 11.1. The van der Waals surface area contributed by atoms with Gasteiger partial charge in [0, 0.05) is 17.3 Å². The summed E-state index contributed by atoms with van der Waals surface area (Å²) in [5.41, 5.74) is 1.27. The predicted octanol–water partition coefficient (Wildman–Crippen LogP) is 4.54. The van der Waals surface area contributed by atoms with Gasteiger partial charge in [-0.1, -0.05) is 32.6 Å². The molecule has 2 aromatic rings. The Morgan fingerprint density at radius 1 is 1.12 bits per heavy atom. The smallest absolute Gasteiger partial charge is 0.255 e. The fourth-order valence-corrected chi connectivity index (χ4v) is 1.99. The largest absolute Gasteiger partial charge is 0.493 e. The van der Waals surface area contributed by atoms with E-state index < -0.39 is 0 Å². The van der Waals surface area contributed by atoms with Crippen LogP contribution in [0.1, 0.15) is 24.2 Å². The van der Waals surface area contributed by atoms with Crippen LogP contribution in [0.25, 0.3) is 0 Å². The Hall–Kier alpha value is -2.75. The highest BCUT2D eigenvalue weighted by Crippen LogP contribution is 2.19. The Bertz CT molecular complexity index is 678. The van der Waals surface area contributed by atoms with Gasteiger partial charge in [0.25, 0.3) is 5.91 Å². The van der Waals surface area contributed by atoms with Crippen LogP contribution in [0.5, 0.6) is 11.5 Å². The van der Waals surface area contributed by atoms with Gasteiger partial charge in [-0.3, -0.25) is 4.79 Å². The van der Waals surface area contributed by atoms with Gasteiger partial charge in [0.1, 0.15) is 18.1 Å². The lowest BCUT2D eigenvalue weighted by molar-refractivity contribution is 0.102. The minimum absolute atomic E-state index is 0.175. The Morgan fingerprint density at radius 2 is 1.88 bits per heavy atom. The molecule has 2 aromatic carbocycles. The van der Waals surface area contributed by atoms with Crippen LogP contribution < -0.4 is 14.8 Å². The number of hydrogen-bond donors (Lipinski definition) is 1. The van der Waals surface area contributed by atoms with Gasteiger partial charge in [0.2, 0.25) is 0 Å². The summed E-state index contributed by atoms with van der Waals surface area (Å²) >= 11 is 0. The van der Waals surface area contributed by atoms with Crippen molar-refractivity contribution in [2.45, 2.75) is 13.8 Å². The molecular formula is C20H23NO3. The van der Waals surface area contributed by atoms with E-state index in [1.165, 1.54) is 0 Å². The van der Waals surface area contributed by atoms with Crippen molar-refractivity contribution in [3.8, 4) is 11.5 Å². The number of hydrogen-bond acceptors (Lipinski definition) is 3. The molecule has 0 saturated heterocycles. The SMILES string of the molecule is C=CCOc1ccc(C(=O)Nc2cccc(OCC(C)C)c2)cc1. The molecule has 0 aliphatic rings. The average molecular weight is 325 g/mol. The van der Waals surface area contributed by atoms with E-state index in [1.807, 2.05) is 24.3 Å². The third-order valence-corrected chi connectivity index (χ3v) is 3.16. The van der Waals surface area contributed by atoms with Gasteiger partial charge in [-0.25, -0.2) is 0 Å². The van der Waals surface area contributed by atoms with Crippen molar-refractivity contribution in [1.29, 1.82) is 0 Å². The van der Waals surface area contributed by atoms with Crippen molar-refractivity contribution < 1.29 is 14.3 Å². The van der Waals surface area contributed by atoms with E-state index in [-0.39, 0.29) is 5.91 Å². The van der Waals surface area contributed by atoms with Crippen molar-refractivity contribution in [1.82, 2.24) is 0 Å². The first-order valence-electron chi connectivity index (χ1n) is 7.96. The average Bonchev–Trinajstić information content (AvgIpc) is 2.59. The summed E-state index contributed by atoms with van der Waals surface area (Å²) in [6.07, 6.45) is 1.68. The molecular weight excluding hydrogens is 302 g/mol. The maximum absolute atomic E-state index is 12.3. The van der Waals surface area contributed by atoms with Crippen molar-refractivity contribution in [3.63, 3.8) is 0 Å². The lowest BCUT2D eigenvalue weighted by atomic mass is 10.2. The molecule has 0 aromatic heterocycles. The van der Waals surface area contributed by atoms with Crippen molar-refractivity contribution >= 4 is 11.6 Å². The molecule has 0 heterocycles. The highest BCUT2D eigenvalue weighted by molar-refractivity contribution is 6.04. The molecule has 4 nitrogen and oxygen atoms in total. The maximum atomic E-state index is 12.3. The van der Waals surface area contributed by atoms with Crippen LogP contribution in [-0.2, 0) is 0 Å². The number of carbonyl (C=O) groups is 1. The molecule has 1 N–H and O–H groups in total. The van der Waals surface area contributed by atoms with Gasteiger partial charge >= 0.3 is 0 Å². The second-order valence-electron chi connectivity index (χ2n) is 5.81. The second kappa shape index (κ2) is 8.77. The summed E-state index contributed by atoms with van der Waals surface area (Å²) in [6, 6.07) is 14.4. The molecule has 0 fully saturated rings. The molecule has 0 bridgehead atoms. The number of ether oxygens (including phenoxy) is 2. The van der Waals surface area contributed by atoms with E-state index in [1.54, 1.807) is 30.3 Å². The molecule has 126 valence electrons. The number of nitrogens with one attached hydrogen (secondary N) is 1. The highest BCUT2D eigenvalue weighted by atomic mass is 16.5. The van der Waals surface area contributed by atoms with E-state index in [2.05, 4.69) is 25.7 Å². The quantitative estimate of drug-likeness (QED) is 0.725. The van der Waals surface area contributed by atoms with Crippen LogP contribution in [0.3, 0.4) is 0 Å². The van der Waals surface area contributed by atoms with Crippen LogP contribution in [-0.4, -0.2) is 19.1 Å². The minimum atomic E-state index is -0.175.